The predicted octanol–water partition coefficient (Wildman–Crippen LogP) is 2.38. The number of phenols is 1. The second-order valence-corrected chi connectivity index (χ2v) is 7.28. The molecule has 6 nitrogen and oxygen atoms in total. The Morgan fingerprint density at radius 1 is 1.14 bits per heavy atom. The molecule has 0 saturated carbocycles. The molecule has 1 aliphatic heterocycles. The number of amides is 2. The highest BCUT2D eigenvalue weighted by Gasteiger charge is 2.23. The average molecular weight is 381 g/mol. The van der Waals surface area contributed by atoms with Crippen molar-refractivity contribution in [2.24, 2.45) is 11.7 Å². The standard InChI is InChI=1S/C22H27N3O3/c23-21(27)19-6-2-12-25(15-19)13-3-11-24-22(28)18-5-1-4-17(14-18)16-7-9-20(26)10-8-16/h1,4-5,7-10,14,19,26H,2-3,6,11-13,15H2,(H2,23,27)(H,24,28)/t19-/m1/s1. The Hall–Kier alpha value is -2.86. The highest BCUT2D eigenvalue weighted by atomic mass is 16.3. The van der Waals surface area contributed by atoms with Crippen molar-refractivity contribution in [3.8, 4) is 16.9 Å². The molecule has 0 unspecified atom stereocenters. The van der Waals surface area contributed by atoms with E-state index in [0.717, 1.165) is 50.0 Å². The number of rotatable bonds is 7. The summed E-state index contributed by atoms with van der Waals surface area (Å²) in [6.45, 7) is 3.13. The number of likely N-dealkylation sites (tertiary alicyclic amines) is 1. The molecular weight excluding hydrogens is 354 g/mol. The largest absolute Gasteiger partial charge is 0.508 e. The van der Waals surface area contributed by atoms with Gasteiger partial charge in [-0.2, -0.15) is 0 Å². The molecule has 1 aliphatic rings. The van der Waals surface area contributed by atoms with Gasteiger partial charge in [0.1, 0.15) is 5.75 Å². The van der Waals surface area contributed by atoms with Crippen molar-refractivity contribution in [3.63, 3.8) is 0 Å². The van der Waals surface area contributed by atoms with Crippen LogP contribution in [0, 0.1) is 5.92 Å². The molecule has 0 aromatic heterocycles. The molecule has 2 aromatic rings. The zero-order valence-electron chi connectivity index (χ0n) is 15.9. The van der Waals surface area contributed by atoms with E-state index in [-0.39, 0.29) is 23.5 Å². The van der Waals surface area contributed by atoms with E-state index in [4.69, 9.17) is 5.73 Å². The van der Waals surface area contributed by atoms with Crippen molar-refractivity contribution in [2.45, 2.75) is 19.3 Å². The summed E-state index contributed by atoms with van der Waals surface area (Å²) < 4.78 is 0. The van der Waals surface area contributed by atoms with Crippen molar-refractivity contribution in [2.75, 3.05) is 26.2 Å². The summed E-state index contributed by atoms with van der Waals surface area (Å²) in [7, 11) is 0. The lowest BCUT2D eigenvalue weighted by Gasteiger charge is -2.31. The van der Waals surface area contributed by atoms with Gasteiger partial charge in [-0.25, -0.2) is 0 Å². The molecule has 0 spiro atoms. The van der Waals surface area contributed by atoms with Crippen LogP contribution in [-0.2, 0) is 4.79 Å². The smallest absolute Gasteiger partial charge is 0.251 e. The van der Waals surface area contributed by atoms with E-state index in [9.17, 15) is 14.7 Å². The summed E-state index contributed by atoms with van der Waals surface area (Å²) in [5, 5.41) is 12.4. The Morgan fingerprint density at radius 2 is 1.93 bits per heavy atom. The Kier molecular flexibility index (Phi) is 6.66. The molecule has 2 amide bonds. The number of nitrogens with two attached hydrogens (primary N) is 1. The summed E-state index contributed by atoms with van der Waals surface area (Å²) in [5.41, 5.74) is 7.90. The van der Waals surface area contributed by atoms with E-state index in [1.54, 1.807) is 18.2 Å². The van der Waals surface area contributed by atoms with Crippen LogP contribution in [-0.4, -0.2) is 48.0 Å². The van der Waals surface area contributed by atoms with Crippen molar-refractivity contribution < 1.29 is 14.7 Å². The first-order chi connectivity index (χ1) is 13.5. The van der Waals surface area contributed by atoms with E-state index in [2.05, 4.69) is 10.2 Å². The summed E-state index contributed by atoms with van der Waals surface area (Å²) in [6.07, 6.45) is 2.69. The molecule has 0 radical (unpaired) electrons. The topological polar surface area (TPSA) is 95.7 Å². The zero-order chi connectivity index (χ0) is 19.9. The van der Waals surface area contributed by atoms with Crippen molar-refractivity contribution in [1.29, 1.82) is 0 Å². The van der Waals surface area contributed by atoms with Crippen LogP contribution in [0.25, 0.3) is 11.1 Å². The fraction of sp³-hybridized carbons (Fsp3) is 0.364. The van der Waals surface area contributed by atoms with Gasteiger partial charge < -0.3 is 21.1 Å². The van der Waals surface area contributed by atoms with Crippen LogP contribution in [0.1, 0.15) is 29.6 Å². The fourth-order valence-corrected chi connectivity index (χ4v) is 3.59. The first-order valence-corrected chi connectivity index (χ1v) is 9.72. The van der Waals surface area contributed by atoms with Crippen LogP contribution in [0.15, 0.2) is 48.5 Å². The summed E-state index contributed by atoms with van der Waals surface area (Å²) in [5.74, 6) is -0.153. The van der Waals surface area contributed by atoms with E-state index < -0.39 is 0 Å². The molecule has 4 N–H and O–H groups in total. The van der Waals surface area contributed by atoms with Gasteiger partial charge in [-0.05, 0) is 67.7 Å². The number of piperidine rings is 1. The van der Waals surface area contributed by atoms with Gasteiger partial charge in [0, 0.05) is 18.7 Å². The molecule has 3 rings (SSSR count). The lowest BCUT2D eigenvalue weighted by atomic mass is 9.97. The average Bonchev–Trinajstić information content (AvgIpc) is 2.72. The fourth-order valence-electron chi connectivity index (χ4n) is 3.59. The van der Waals surface area contributed by atoms with Gasteiger partial charge in [0.05, 0.1) is 5.92 Å². The molecule has 0 aliphatic carbocycles. The Labute approximate surface area is 165 Å². The molecule has 148 valence electrons. The van der Waals surface area contributed by atoms with Crippen molar-refractivity contribution >= 4 is 11.8 Å². The Morgan fingerprint density at radius 3 is 2.68 bits per heavy atom. The normalized spacial score (nSPS) is 17.2. The lowest BCUT2D eigenvalue weighted by Crippen LogP contribution is -2.42. The number of hydrogen-bond donors (Lipinski definition) is 3. The van der Waals surface area contributed by atoms with Crippen LogP contribution < -0.4 is 11.1 Å². The number of nitrogens with zero attached hydrogens (tertiary/aromatic N) is 1. The van der Waals surface area contributed by atoms with Gasteiger partial charge in [-0.1, -0.05) is 24.3 Å². The molecular formula is C22H27N3O3. The maximum absolute atomic E-state index is 12.4. The Balaban J connectivity index is 1.48. The predicted molar refractivity (Wildman–Crippen MR) is 109 cm³/mol. The molecule has 1 fully saturated rings. The third-order valence-corrected chi connectivity index (χ3v) is 5.17. The van der Waals surface area contributed by atoms with E-state index in [0.29, 0.717) is 12.1 Å². The van der Waals surface area contributed by atoms with Gasteiger partial charge in [0.15, 0.2) is 0 Å². The van der Waals surface area contributed by atoms with Crippen LogP contribution in [0.5, 0.6) is 5.75 Å². The zero-order valence-corrected chi connectivity index (χ0v) is 15.9. The second-order valence-electron chi connectivity index (χ2n) is 7.28. The number of primary amides is 1. The first-order valence-electron chi connectivity index (χ1n) is 9.72. The molecule has 2 aromatic carbocycles. The van der Waals surface area contributed by atoms with E-state index >= 15 is 0 Å². The first kappa shape index (κ1) is 19.9. The highest BCUT2D eigenvalue weighted by Crippen LogP contribution is 2.22. The van der Waals surface area contributed by atoms with E-state index in [1.807, 2.05) is 30.3 Å². The minimum absolute atomic E-state index is 0.0500. The molecule has 1 heterocycles. The summed E-state index contributed by atoms with van der Waals surface area (Å²) in [4.78, 5) is 26.0. The summed E-state index contributed by atoms with van der Waals surface area (Å²) >= 11 is 0. The third-order valence-electron chi connectivity index (χ3n) is 5.17. The van der Waals surface area contributed by atoms with Gasteiger partial charge >= 0.3 is 0 Å². The molecule has 0 bridgehead atoms. The highest BCUT2D eigenvalue weighted by molar-refractivity contribution is 5.95. The maximum atomic E-state index is 12.4. The minimum atomic E-state index is -0.216. The van der Waals surface area contributed by atoms with Gasteiger partial charge in [-0.15, -0.1) is 0 Å². The van der Waals surface area contributed by atoms with Crippen LogP contribution in [0.4, 0.5) is 0 Å². The van der Waals surface area contributed by atoms with E-state index in [1.165, 1.54) is 0 Å². The number of carbonyl (C=O) groups is 2. The SMILES string of the molecule is NC(=O)[C@@H]1CCCN(CCCNC(=O)c2cccc(-c3ccc(O)cc3)c2)C1. The molecule has 1 saturated heterocycles. The Bertz CT molecular complexity index is 820. The minimum Gasteiger partial charge on any atom is -0.508 e. The number of nitrogens with one attached hydrogen (secondary N) is 1. The van der Waals surface area contributed by atoms with Crippen molar-refractivity contribution in [1.82, 2.24) is 10.2 Å². The summed E-state index contributed by atoms with van der Waals surface area (Å²) in [6, 6.07) is 14.3. The van der Waals surface area contributed by atoms with Gasteiger partial charge in [-0.3, -0.25) is 9.59 Å². The van der Waals surface area contributed by atoms with Crippen molar-refractivity contribution in [3.05, 3.63) is 54.1 Å². The quantitative estimate of drug-likeness (QED) is 0.642. The number of phenolic OH excluding ortho intramolecular Hbond substituents is 1. The maximum Gasteiger partial charge on any atom is 0.251 e. The van der Waals surface area contributed by atoms with Gasteiger partial charge in [0.25, 0.3) is 5.91 Å². The number of aromatic hydroxyl groups is 1. The molecule has 1 atom stereocenters. The third kappa shape index (κ3) is 5.33. The number of hydrogen-bond acceptors (Lipinski definition) is 4. The van der Waals surface area contributed by atoms with Crippen LogP contribution in [0.2, 0.25) is 0 Å². The van der Waals surface area contributed by atoms with Crippen LogP contribution in [0.3, 0.4) is 0 Å². The van der Waals surface area contributed by atoms with Crippen LogP contribution >= 0.6 is 0 Å². The monoisotopic (exact) mass is 381 g/mol. The molecule has 6 heteroatoms. The van der Waals surface area contributed by atoms with Gasteiger partial charge in [0.2, 0.25) is 5.91 Å². The number of benzene rings is 2. The molecule has 28 heavy (non-hydrogen) atoms. The number of carbonyl (C=O) groups excluding carboxylic acids is 2. The lowest BCUT2D eigenvalue weighted by molar-refractivity contribution is -0.123. The second kappa shape index (κ2) is 9.37.